The second-order valence-corrected chi connectivity index (χ2v) is 11.3. The summed E-state index contributed by atoms with van der Waals surface area (Å²) in [5.41, 5.74) is -5.42. The highest BCUT2D eigenvalue weighted by molar-refractivity contribution is 6.31. The fourth-order valence-corrected chi connectivity index (χ4v) is 4.64. The number of carbonyl (C=O) groups is 2. The van der Waals surface area contributed by atoms with Gasteiger partial charge in [0.25, 0.3) is 5.91 Å². The molecule has 0 aliphatic heterocycles. The van der Waals surface area contributed by atoms with Crippen molar-refractivity contribution >= 4 is 23.6 Å². The number of nitrogens with one attached hydrogen (secondary N) is 2. The lowest BCUT2D eigenvalue weighted by molar-refractivity contribution is -0.265. The number of ether oxygens (including phenoxy) is 4. The Hall–Kier alpha value is -4.23. The van der Waals surface area contributed by atoms with Crippen molar-refractivity contribution in [1.29, 1.82) is 0 Å². The van der Waals surface area contributed by atoms with Crippen molar-refractivity contribution in [3.8, 4) is 17.2 Å². The summed E-state index contributed by atoms with van der Waals surface area (Å²) in [7, 11) is 2.59. The van der Waals surface area contributed by atoms with Crippen LogP contribution in [0.5, 0.6) is 17.2 Å². The van der Waals surface area contributed by atoms with Crippen molar-refractivity contribution in [2.45, 2.75) is 56.7 Å². The lowest BCUT2D eigenvalue weighted by Crippen LogP contribution is -2.52. The van der Waals surface area contributed by atoms with Crippen molar-refractivity contribution in [1.82, 2.24) is 15.6 Å². The Balaban J connectivity index is 1.58. The summed E-state index contributed by atoms with van der Waals surface area (Å²) in [4.78, 5) is 29.4. The fraction of sp³-hybridized carbons (Fsp3) is 0.387. The Bertz CT molecular complexity index is 1530. The second-order valence-electron chi connectivity index (χ2n) is 10.9. The lowest BCUT2D eigenvalue weighted by Gasteiger charge is -2.33. The third-order valence-corrected chi connectivity index (χ3v) is 7.33. The minimum atomic E-state index is -5.33. The monoisotopic (exact) mass is 651 g/mol. The molecule has 2 amide bonds. The van der Waals surface area contributed by atoms with Gasteiger partial charge in [0.05, 0.1) is 38.1 Å². The van der Waals surface area contributed by atoms with Crippen molar-refractivity contribution in [3.63, 3.8) is 0 Å². The van der Waals surface area contributed by atoms with E-state index in [1.54, 1.807) is 30.3 Å². The molecule has 1 aliphatic carbocycles. The molecule has 1 saturated carbocycles. The van der Waals surface area contributed by atoms with Gasteiger partial charge in [-0.05, 0) is 56.5 Å². The highest BCUT2D eigenvalue weighted by Crippen LogP contribution is 2.43. The summed E-state index contributed by atoms with van der Waals surface area (Å²) in [6.45, 7) is 1.58. The summed E-state index contributed by atoms with van der Waals surface area (Å²) in [6, 6.07) is 13.9. The highest BCUT2D eigenvalue weighted by Gasteiger charge is 2.57. The molecule has 10 nitrogen and oxygen atoms in total. The maximum absolute atomic E-state index is 14.5. The van der Waals surface area contributed by atoms with Gasteiger partial charge < -0.3 is 34.7 Å². The number of nitrogens with zero attached hydrogens (tertiary/aromatic N) is 1. The fourth-order valence-electron chi connectivity index (χ4n) is 4.37. The summed E-state index contributed by atoms with van der Waals surface area (Å²) < 4.78 is 65.1. The normalized spacial score (nSPS) is 14.6. The first-order valence-corrected chi connectivity index (χ1v) is 14.2. The number of benzene rings is 2. The van der Waals surface area contributed by atoms with Gasteiger partial charge in [0.15, 0.2) is 22.4 Å². The number of halogens is 4. The van der Waals surface area contributed by atoms with Gasteiger partial charge in [-0.25, -0.2) is 9.78 Å². The third kappa shape index (κ3) is 7.90. The van der Waals surface area contributed by atoms with E-state index in [-0.39, 0.29) is 35.3 Å². The zero-order valence-corrected chi connectivity index (χ0v) is 25.7. The van der Waals surface area contributed by atoms with Crippen LogP contribution < -0.4 is 24.8 Å². The van der Waals surface area contributed by atoms with E-state index in [9.17, 15) is 27.9 Å². The summed E-state index contributed by atoms with van der Waals surface area (Å²) in [6.07, 6.45) is -4.37. The SMILES string of the molecule is COc1cc(C(=O)NCC(O)(c2cc(C(C)(C)NC(=O)OCc3ccccc3)c(OC)c(Cl)n2)C(F)(F)F)ccc1OC1CC1. The van der Waals surface area contributed by atoms with Gasteiger partial charge in [0.1, 0.15) is 6.61 Å². The van der Waals surface area contributed by atoms with Crippen LogP contribution in [0.15, 0.2) is 54.6 Å². The number of aromatic nitrogens is 1. The van der Waals surface area contributed by atoms with Crippen LogP contribution in [0.3, 0.4) is 0 Å². The molecule has 0 bridgehead atoms. The van der Waals surface area contributed by atoms with E-state index in [1.165, 1.54) is 46.3 Å². The van der Waals surface area contributed by atoms with Crippen LogP contribution in [0.4, 0.5) is 18.0 Å². The van der Waals surface area contributed by atoms with Gasteiger partial charge in [0.2, 0.25) is 5.60 Å². The minimum absolute atomic E-state index is 0.0275. The van der Waals surface area contributed by atoms with E-state index in [0.29, 0.717) is 5.75 Å². The number of amides is 2. The van der Waals surface area contributed by atoms with Gasteiger partial charge in [-0.15, -0.1) is 0 Å². The van der Waals surface area contributed by atoms with Gasteiger partial charge in [-0.2, -0.15) is 13.2 Å². The van der Waals surface area contributed by atoms with Crippen molar-refractivity contribution in [3.05, 3.63) is 82.1 Å². The number of methoxy groups -OCH3 is 2. The molecule has 0 spiro atoms. The standard InChI is InChI=1S/C31H33ClF3N3O7/c1-29(2,38-28(40)44-16-18-8-6-5-7-9-18)21-15-24(37-26(32)25(21)43-4)30(41,31(33,34)35)17-36-27(39)19-10-13-22(23(14-19)42-3)45-20-11-12-20/h5-10,13-15,20,41H,11-12,16-17H2,1-4H3,(H,36,39)(H,38,40). The topological polar surface area (TPSA) is 128 Å². The number of hydrogen-bond acceptors (Lipinski definition) is 8. The average Bonchev–Trinajstić information content (AvgIpc) is 3.82. The van der Waals surface area contributed by atoms with E-state index in [0.717, 1.165) is 24.5 Å². The summed E-state index contributed by atoms with van der Waals surface area (Å²) in [5.74, 6) is -0.432. The maximum Gasteiger partial charge on any atom is 0.424 e. The Kier molecular flexibility index (Phi) is 10.0. The number of carbonyl (C=O) groups excluding carboxylic acids is 2. The van der Waals surface area contributed by atoms with Crippen molar-refractivity contribution < 1.29 is 46.8 Å². The molecule has 3 N–H and O–H groups in total. The molecule has 1 heterocycles. The zero-order valence-electron chi connectivity index (χ0n) is 25.0. The summed E-state index contributed by atoms with van der Waals surface area (Å²) >= 11 is 6.25. The first-order chi connectivity index (χ1) is 21.2. The van der Waals surface area contributed by atoms with Gasteiger partial charge in [0, 0.05) is 11.1 Å². The Morgan fingerprint density at radius 2 is 1.71 bits per heavy atom. The molecule has 3 aromatic rings. The van der Waals surface area contributed by atoms with E-state index < -0.39 is 46.7 Å². The predicted octanol–water partition coefficient (Wildman–Crippen LogP) is 5.63. The van der Waals surface area contributed by atoms with Gasteiger partial charge >= 0.3 is 12.3 Å². The Morgan fingerprint density at radius 3 is 2.31 bits per heavy atom. The van der Waals surface area contributed by atoms with Crippen molar-refractivity contribution in [2.75, 3.05) is 20.8 Å². The molecule has 1 aromatic heterocycles. The maximum atomic E-state index is 14.5. The minimum Gasteiger partial charge on any atom is -0.493 e. The molecule has 1 fully saturated rings. The first-order valence-electron chi connectivity index (χ1n) is 13.8. The Labute approximate surface area is 262 Å². The molecule has 242 valence electrons. The number of hydrogen-bond donors (Lipinski definition) is 3. The molecule has 1 aliphatic rings. The number of aliphatic hydroxyl groups is 1. The second kappa shape index (κ2) is 13.4. The first kappa shape index (κ1) is 33.7. The van der Waals surface area contributed by atoms with E-state index in [1.807, 2.05) is 0 Å². The van der Waals surface area contributed by atoms with Crippen LogP contribution in [-0.4, -0.2) is 55.1 Å². The molecular weight excluding hydrogens is 619 g/mol. The van der Waals surface area contributed by atoms with E-state index in [4.69, 9.17) is 30.5 Å². The van der Waals surface area contributed by atoms with Gasteiger partial charge in [-0.3, -0.25) is 4.79 Å². The molecule has 1 atom stereocenters. The number of alkyl halides is 3. The van der Waals surface area contributed by atoms with Crippen LogP contribution in [0.2, 0.25) is 5.15 Å². The van der Waals surface area contributed by atoms with Crippen LogP contribution in [0.1, 0.15) is 53.9 Å². The molecular formula is C31H33ClF3N3O7. The molecule has 4 rings (SSSR count). The van der Waals surface area contributed by atoms with E-state index in [2.05, 4.69) is 15.6 Å². The van der Waals surface area contributed by atoms with E-state index >= 15 is 0 Å². The highest BCUT2D eigenvalue weighted by atomic mass is 35.5. The average molecular weight is 652 g/mol. The van der Waals surface area contributed by atoms with Crippen LogP contribution in [-0.2, 0) is 22.5 Å². The zero-order chi connectivity index (χ0) is 33.0. The number of pyridine rings is 1. The smallest absolute Gasteiger partial charge is 0.424 e. The molecule has 0 saturated heterocycles. The molecule has 1 unspecified atom stereocenters. The largest absolute Gasteiger partial charge is 0.493 e. The van der Waals surface area contributed by atoms with Crippen LogP contribution in [0.25, 0.3) is 0 Å². The lowest BCUT2D eigenvalue weighted by atomic mass is 9.89. The van der Waals surface area contributed by atoms with Crippen molar-refractivity contribution in [2.24, 2.45) is 0 Å². The quantitative estimate of drug-likeness (QED) is 0.215. The third-order valence-electron chi connectivity index (χ3n) is 7.08. The van der Waals surface area contributed by atoms with Crippen LogP contribution >= 0.6 is 11.6 Å². The molecule has 14 heteroatoms. The predicted molar refractivity (Wildman–Crippen MR) is 158 cm³/mol. The van der Waals surface area contributed by atoms with Crippen LogP contribution in [0, 0.1) is 0 Å². The molecule has 2 aromatic carbocycles. The molecule has 45 heavy (non-hydrogen) atoms. The Morgan fingerprint density at radius 1 is 1.02 bits per heavy atom. The number of alkyl carbamates (subject to hydrolysis) is 1. The van der Waals surface area contributed by atoms with Gasteiger partial charge in [-0.1, -0.05) is 41.9 Å². The number of rotatable bonds is 12. The summed E-state index contributed by atoms with van der Waals surface area (Å²) in [5, 5.41) is 15.3. The molecule has 0 radical (unpaired) electrons.